The van der Waals surface area contributed by atoms with E-state index in [-0.39, 0.29) is 23.8 Å². The lowest BCUT2D eigenvalue weighted by molar-refractivity contribution is -0.138. The molecule has 1 heterocycles. The summed E-state index contributed by atoms with van der Waals surface area (Å²) in [5, 5.41) is 9.97. The van der Waals surface area contributed by atoms with E-state index in [0.29, 0.717) is 19.5 Å². The van der Waals surface area contributed by atoms with Gasteiger partial charge in [0.1, 0.15) is 0 Å². The lowest BCUT2D eigenvalue weighted by Gasteiger charge is -2.25. The van der Waals surface area contributed by atoms with E-state index in [9.17, 15) is 23.1 Å². The Morgan fingerprint density at radius 1 is 1.32 bits per heavy atom. The number of benzene rings is 1. The molecule has 0 aliphatic carbocycles. The number of nitrogens with zero attached hydrogens (tertiary/aromatic N) is 1. The number of alkyl halides is 3. The summed E-state index contributed by atoms with van der Waals surface area (Å²) in [6, 6.07) is 5.15. The first-order chi connectivity index (χ1) is 10.1. The van der Waals surface area contributed by atoms with E-state index in [1.807, 2.05) is 0 Å². The van der Waals surface area contributed by atoms with Crippen LogP contribution in [-0.4, -0.2) is 34.6 Å². The van der Waals surface area contributed by atoms with Gasteiger partial charge < -0.3 is 10.0 Å². The molecule has 3 nitrogen and oxygen atoms in total. The molecule has 1 aromatic carbocycles. The molecular weight excluding hydrogens is 295 g/mol. The Morgan fingerprint density at radius 3 is 2.50 bits per heavy atom. The van der Waals surface area contributed by atoms with Gasteiger partial charge in [0.25, 0.3) is 0 Å². The van der Waals surface area contributed by atoms with E-state index in [2.05, 4.69) is 0 Å². The van der Waals surface area contributed by atoms with Gasteiger partial charge >= 0.3 is 6.18 Å². The summed E-state index contributed by atoms with van der Waals surface area (Å²) in [4.78, 5) is 13.8. The zero-order valence-corrected chi connectivity index (χ0v) is 12.7. The molecule has 2 rings (SSSR count). The lowest BCUT2D eigenvalue weighted by atomic mass is 9.90. The van der Waals surface area contributed by atoms with E-state index in [0.717, 1.165) is 6.07 Å². The summed E-state index contributed by atoms with van der Waals surface area (Å²) in [6.07, 6.45) is -4.07. The number of carbonyl (C=O) groups is 1. The van der Waals surface area contributed by atoms with Crippen LogP contribution in [0.3, 0.4) is 0 Å². The standard InChI is InChI=1S/C16H20F3NO2/c1-15(2,22)12-7-8-20(10-12)14(21)9-11-5-3-4-6-13(11)16(17,18)19/h3-6,12,22H,7-10H2,1-2H3/t12-/m1/s1. The van der Waals surface area contributed by atoms with Gasteiger partial charge in [0.05, 0.1) is 17.6 Å². The fourth-order valence-electron chi connectivity index (χ4n) is 2.79. The fraction of sp³-hybridized carbons (Fsp3) is 0.562. The fourth-order valence-corrected chi connectivity index (χ4v) is 2.79. The van der Waals surface area contributed by atoms with Gasteiger partial charge in [-0.15, -0.1) is 0 Å². The van der Waals surface area contributed by atoms with E-state index < -0.39 is 17.3 Å². The monoisotopic (exact) mass is 315 g/mol. The number of hydrogen-bond acceptors (Lipinski definition) is 2. The molecule has 1 fully saturated rings. The summed E-state index contributed by atoms with van der Waals surface area (Å²) in [7, 11) is 0. The molecule has 0 spiro atoms. The van der Waals surface area contributed by atoms with E-state index in [1.165, 1.54) is 23.1 Å². The number of rotatable bonds is 3. The van der Waals surface area contributed by atoms with Crippen molar-refractivity contribution in [1.82, 2.24) is 4.90 Å². The van der Waals surface area contributed by atoms with Gasteiger partial charge in [0.2, 0.25) is 5.91 Å². The third-order valence-corrected chi connectivity index (χ3v) is 4.20. The van der Waals surface area contributed by atoms with Crippen molar-refractivity contribution in [3.05, 3.63) is 35.4 Å². The zero-order chi connectivity index (χ0) is 16.5. The summed E-state index contributed by atoms with van der Waals surface area (Å²) < 4.78 is 38.8. The van der Waals surface area contributed by atoms with Crippen LogP contribution in [0.5, 0.6) is 0 Å². The van der Waals surface area contributed by atoms with Crippen LogP contribution in [0.4, 0.5) is 13.2 Å². The summed E-state index contributed by atoms with van der Waals surface area (Å²) in [5.41, 5.74) is -1.66. The summed E-state index contributed by atoms with van der Waals surface area (Å²) in [5.74, 6) is -0.377. The third-order valence-electron chi connectivity index (χ3n) is 4.20. The number of halogens is 3. The van der Waals surface area contributed by atoms with Gasteiger partial charge in [-0.1, -0.05) is 18.2 Å². The number of hydrogen-bond donors (Lipinski definition) is 1. The van der Waals surface area contributed by atoms with Crippen molar-refractivity contribution in [3.63, 3.8) is 0 Å². The molecule has 1 aromatic rings. The Kier molecular flexibility index (Phi) is 4.52. The molecule has 1 aliphatic rings. The Bertz CT molecular complexity index is 549. The molecule has 22 heavy (non-hydrogen) atoms. The molecule has 1 amide bonds. The van der Waals surface area contributed by atoms with Crippen LogP contribution in [-0.2, 0) is 17.4 Å². The quantitative estimate of drug-likeness (QED) is 0.932. The van der Waals surface area contributed by atoms with Crippen LogP contribution in [0.25, 0.3) is 0 Å². The zero-order valence-electron chi connectivity index (χ0n) is 12.7. The van der Waals surface area contributed by atoms with Gasteiger partial charge in [-0.25, -0.2) is 0 Å². The van der Waals surface area contributed by atoms with Crippen molar-refractivity contribution in [3.8, 4) is 0 Å². The Hall–Kier alpha value is -1.56. The summed E-state index contributed by atoms with van der Waals surface area (Å²) in [6.45, 7) is 4.23. The minimum atomic E-state index is -4.46. The molecule has 1 saturated heterocycles. The van der Waals surface area contributed by atoms with Crippen molar-refractivity contribution < 1.29 is 23.1 Å². The molecule has 0 aromatic heterocycles. The van der Waals surface area contributed by atoms with Crippen LogP contribution in [0.2, 0.25) is 0 Å². The van der Waals surface area contributed by atoms with Gasteiger partial charge in [-0.05, 0) is 31.9 Å². The minimum Gasteiger partial charge on any atom is -0.390 e. The maximum absolute atomic E-state index is 12.9. The first-order valence-electron chi connectivity index (χ1n) is 7.24. The smallest absolute Gasteiger partial charge is 0.390 e. The van der Waals surface area contributed by atoms with Crippen molar-refractivity contribution >= 4 is 5.91 Å². The van der Waals surface area contributed by atoms with Crippen LogP contribution < -0.4 is 0 Å². The maximum Gasteiger partial charge on any atom is 0.416 e. The topological polar surface area (TPSA) is 40.5 Å². The van der Waals surface area contributed by atoms with Gasteiger partial charge in [0, 0.05) is 19.0 Å². The van der Waals surface area contributed by atoms with Crippen LogP contribution in [0.1, 0.15) is 31.4 Å². The van der Waals surface area contributed by atoms with Gasteiger partial charge in [0.15, 0.2) is 0 Å². The molecule has 1 atom stereocenters. The van der Waals surface area contributed by atoms with Crippen molar-refractivity contribution in [2.45, 2.75) is 38.5 Å². The number of likely N-dealkylation sites (tertiary alicyclic amines) is 1. The van der Waals surface area contributed by atoms with Gasteiger partial charge in [-0.2, -0.15) is 13.2 Å². The number of carbonyl (C=O) groups excluding carboxylic acids is 1. The second kappa shape index (κ2) is 5.91. The Balaban J connectivity index is 2.08. The highest BCUT2D eigenvalue weighted by molar-refractivity contribution is 5.79. The molecule has 0 bridgehead atoms. The number of aliphatic hydroxyl groups is 1. The molecule has 122 valence electrons. The van der Waals surface area contributed by atoms with Crippen LogP contribution in [0.15, 0.2) is 24.3 Å². The first-order valence-corrected chi connectivity index (χ1v) is 7.24. The maximum atomic E-state index is 12.9. The SMILES string of the molecule is CC(C)(O)[C@@H]1CCN(C(=O)Cc2ccccc2C(F)(F)F)C1. The molecule has 6 heteroatoms. The number of amides is 1. The highest BCUT2D eigenvalue weighted by Gasteiger charge is 2.37. The average molecular weight is 315 g/mol. The second-order valence-electron chi connectivity index (χ2n) is 6.31. The molecule has 1 N–H and O–H groups in total. The average Bonchev–Trinajstić information content (AvgIpc) is 2.87. The molecule has 0 unspecified atom stereocenters. The van der Waals surface area contributed by atoms with Gasteiger partial charge in [-0.3, -0.25) is 4.79 Å². The first kappa shape index (κ1) is 16.8. The molecule has 0 saturated carbocycles. The van der Waals surface area contributed by atoms with Crippen molar-refractivity contribution in [2.24, 2.45) is 5.92 Å². The predicted molar refractivity (Wildman–Crippen MR) is 76.1 cm³/mol. The largest absolute Gasteiger partial charge is 0.416 e. The normalized spacial score (nSPS) is 19.5. The second-order valence-corrected chi connectivity index (χ2v) is 6.31. The minimum absolute atomic E-state index is 0.00768. The van der Waals surface area contributed by atoms with Crippen LogP contribution >= 0.6 is 0 Å². The third kappa shape index (κ3) is 3.80. The summed E-state index contributed by atoms with van der Waals surface area (Å²) >= 11 is 0. The lowest BCUT2D eigenvalue weighted by Crippen LogP contribution is -2.36. The molecule has 1 aliphatic heterocycles. The predicted octanol–water partition coefficient (Wildman–Crippen LogP) is 2.87. The van der Waals surface area contributed by atoms with E-state index in [1.54, 1.807) is 13.8 Å². The van der Waals surface area contributed by atoms with Crippen LogP contribution in [0, 0.1) is 5.92 Å². The highest BCUT2D eigenvalue weighted by Crippen LogP contribution is 2.33. The van der Waals surface area contributed by atoms with E-state index in [4.69, 9.17) is 0 Å². The van der Waals surface area contributed by atoms with Crippen molar-refractivity contribution in [2.75, 3.05) is 13.1 Å². The van der Waals surface area contributed by atoms with Crippen molar-refractivity contribution in [1.29, 1.82) is 0 Å². The Morgan fingerprint density at radius 2 is 1.95 bits per heavy atom. The molecule has 0 radical (unpaired) electrons. The van der Waals surface area contributed by atoms with E-state index >= 15 is 0 Å². The highest BCUT2D eigenvalue weighted by atomic mass is 19.4. The molecular formula is C16H20F3NO2. The Labute approximate surface area is 127 Å².